The smallest absolute Gasteiger partial charge is 0.256 e. The normalized spacial score (nSPS) is 10.3. The second-order valence-electron chi connectivity index (χ2n) is 4.02. The van der Waals surface area contributed by atoms with E-state index in [0.717, 1.165) is 5.56 Å². The van der Waals surface area contributed by atoms with E-state index in [1.165, 1.54) is 22.5 Å². The molecule has 0 radical (unpaired) electrons. The second-order valence-corrected chi connectivity index (χ2v) is 4.02. The summed E-state index contributed by atoms with van der Waals surface area (Å²) in [4.78, 5) is 15.4. The van der Waals surface area contributed by atoms with Gasteiger partial charge >= 0.3 is 0 Å². The molecule has 0 saturated heterocycles. The molecule has 1 aromatic heterocycles. The largest absolute Gasteiger partial charge is 0.439 e. The second kappa shape index (κ2) is 4.41. The third kappa shape index (κ3) is 2.53. The van der Waals surface area contributed by atoms with Crippen LogP contribution in [0.1, 0.15) is 11.1 Å². The van der Waals surface area contributed by atoms with Crippen molar-refractivity contribution in [3.63, 3.8) is 0 Å². The number of rotatable bonds is 2. The van der Waals surface area contributed by atoms with Crippen molar-refractivity contribution < 1.29 is 4.74 Å². The number of hydrogen-bond acceptors (Lipinski definition) is 3. The quantitative estimate of drug-likeness (QED) is 0.794. The zero-order chi connectivity index (χ0) is 12.4. The zero-order valence-electron chi connectivity index (χ0n) is 10.1. The first-order valence-corrected chi connectivity index (χ1v) is 5.34. The number of ether oxygens (including phenoxy) is 1. The molecule has 0 unspecified atom stereocenters. The highest BCUT2D eigenvalue weighted by atomic mass is 16.5. The Balaban J connectivity index is 2.28. The maximum absolute atomic E-state index is 11.4. The topological polar surface area (TPSA) is 44.1 Å². The van der Waals surface area contributed by atoms with Gasteiger partial charge in [0.2, 0.25) is 5.88 Å². The first kappa shape index (κ1) is 11.4. The van der Waals surface area contributed by atoms with Crippen LogP contribution in [0.5, 0.6) is 11.6 Å². The number of aromatic nitrogens is 2. The Kier molecular flexibility index (Phi) is 2.95. The summed E-state index contributed by atoms with van der Waals surface area (Å²) in [5, 5.41) is 0. The van der Waals surface area contributed by atoms with Gasteiger partial charge in [0.05, 0.1) is 6.07 Å². The van der Waals surface area contributed by atoms with Crippen LogP contribution in [-0.4, -0.2) is 9.55 Å². The first-order valence-electron chi connectivity index (χ1n) is 5.34. The summed E-state index contributed by atoms with van der Waals surface area (Å²) < 4.78 is 6.92. The van der Waals surface area contributed by atoms with Crippen LogP contribution in [0, 0.1) is 13.8 Å². The highest BCUT2D eigenvalue weighted by Gasteiger charge is 2.02. The fourth-order valence-electron chi connectivity index (χ4n) is 1.40. The van der Waals surface area contributed by atoms with Crippen molar-refractivity contribution in [2.75, 3.05) is 0 Å². The summed E-state index contributed by atoms with van der Waals surface area (Å²) in [5.74, 6) is 1.00. The summed E-state index contributed by atoms with van der Waals surface area (Å²) in [6.45, 7) is 4.05. The van der Waals surface area contributed by atoms with Crippen molar-refractivity contribution in [1.29, 1.82) is 0 Å². The molecule has 1 aromatic carbocycles. The molecule has 0 bridgehead atoms. The Bertz CT molecular complexity index is 603. The Morgan fingerprint density at radius 2 is 1.94 bits per heavy atom. The van der Waals surface area contributed by atoms with E-state index < -0.39 is 0 Å². The van der Waals surface area contributed by atoms with Gasteiger partial charge in [-0.25, -0.2) is 4.98 Å². The predicted octanol–water partition coefficient (Wildman–Crippen LogP) is 2.19. The summed E-state index contributed by atoms with van der Waals surface area (Å²) in [5.41, 5.74) is 2.21. The van der Waals surface area contributed by atoms with E-state index in [0.29, 0.717) is 11.6 Å². The first-order chi connectivity index (χ1) is 8.06. The van der Waals surface area contributed by atoms with Crippen molar-refractivity contribution in [3.05, 3.63) is 52.1 Å². The van der Waals surface area contributed by atoms with E-state index in [9.17, 15) is 4.79 Å². The maximum Gasteiger partial charge on any atom is 0.256 e. The highest BCUT2D eigenvalue weighted by molar-refractivity contribution is 5.35. The lowest BCUT2D eigenvalue weighted by Gasteiger charge is -2.07. The maximum atomic E-state index is 11.4. The van der Waals surface area contributed by atoms with Crippen LogP contribution in [0.3, 0.4) is 0 Å². The van der Waals surface area contributed by atoms with Gasteiger partial charge in [-0.3, -0.25) is 4.79 Å². The predicted molar refractivity (Wildman–Crippen MR) is 65.5 cm³/mol. The molecule has 88 valence electrons. The van der Waals surface area contributed by atoms with E-state index in [1.807, 2.05) is 32.0 Å². The molecule has 2 aromatic rings. The van der Waals surface area contributed by atoms with Gasteiger partial charge in [-0.1, -0.05) is 6.07 Å². The van der Waals surface area contributed by atoms with Gasteiger partial charge in [0.1, 0.15) is 12.1 Å². The molecule has 4 heteroatoms. The van der Waals surface area contributed by atoms with Crippen LogP contribution >= 0.6 is 0 Å². The molecule has 17 heavy (non-hydrogen) atoms. The molecule has 0 saturated carbocycles. The van der Waals surface area contributed by atoms with Gasteiger partial charge in [-0.05, 0) is 37.1 Å². The van der Waals surface area contributed by atoms with Crippen LogP contribution in [0.15, 0.2) is 35.4 Å². The highest BCUT2D eigenvalue weighted by Crippen LogP contribution is 2.20. The van der Waals surface area contributed by atoms with Crippen molar-refractivity contribution in [2.24, 2.45) is 7.05 Å². The van der Waals surface area contributed by atoms with E-state index >= 15 is 0 Å². The molecule has 0 fully saturated rings. The number of hydrogen-bond donors (Lipinski definition) is 0. The minimum atomic E-state index is -0.140. The molecular formula is C13H14N2O2. The van der Waals surface area contributed by atoms with E-state index in [2.05, 4.69) is 4.98 Å². The summed E-state index contributed by atoms with van der Waals surface area (Å²) in [6.07, 6.45) is 1.44. The average molecular weight is 230 g/mol. The molecule has 0 aliphatic heterocycles. The van der Waals surface area contributed by atoms with Gasteiger partial charge in [-0.2, -0.15) is 0 Å². The molecular weight excluding hydrogens is 216 g/mol. The Morgan fingerprint density at radius 1 is 1.18 bits per heavy atom. The van der Waals surface area contributed by atoms with Crippen LogP contribution in [0.2, 0.25) is 0 Å². The van der Waals surface area contributed by atoms with E-state index in [4.69, 9.17) is 4.74 Å². The zero-order valence-corrected chi connectivity index (χ0v) is 10.1. The molecule has 2 rings (SSSR count). The van der Waals surface area contributed by atoms with Gasteiger partial charge in [0.15, 0.2) is 0 Å². The standard InChI is InChI=1S/C13H14N2O2/c1-9-4-5-11(6-10(9)2)17-12-7-13(16)15(3)8-14-12/h4-8H,1-3H3. The lowest BCUT2D eigenvalue weighted by atomic mass is 10.1. The third-order valence-electron chi connectivity index (χ3n) is 2.65. The van der Waals surface area contributed by atoms with Crippen molar-refractivity contribution >= 4 is 0 Å². The van der Waals surface area contributed by atoms with Gasteiger partial charge < -0.3 is 9.30 Å². The number of aryl methyl sites for hydroxylation is 3. The molecule has 4 nitrogen and oxygen atoms in total. The minimum absolute atomic E-state index is 0.140. The number of nitrogens with zero attached hydrogens (tertiary/aromatic N) is 2. The Labute approximate surface area is 99.5 Å². The van der Waals surface area contributed by atoms with E-state index in [1.54, 1.807) is 7.05 Å². The third-order valence-corrected chi connectivity index (χ3v) is 2.65. The fraction of sp³-hybridized carbons (Fsp3) is 0.231. The fourth-order valence-corrected chi connectivity index (χ4v) is 1.40. The van der Waals surface area contributed by atoms with Crippen molar-refractivity contribution in [3.8, 4) is 11.6 Å². The Hall–Kier alpha value is -2.10. The Morgan fingerprint density at radius 3 is 2.59 bits per heavy atom. The van der Waals surface area contributed by atoms with Crippen molar-refractivity contribution in [1.82, 2.24) is 9.55 Å². The molecule has 0 aliphatic rings. The molecule has 0 amide bonds. The van der Waals surface area contributed by atoms with Gasteiger partial charge in [-0.15, -0.1) is 0 Å². The lowest BCUT2D eigenvalue weighted by Crippen LogP contribution is -2.15. The lowest BCUT2D eigenvalue weighted by molar-refractivity contribution is 0.457. The molecule has 0 spiro atoms. The van der Waals surface area contributed by atoms with Gasteiger partial charge in [0.25, 0.3) is 5.56 Å². The van der Waals surface area contributed by atoms with E-state index in [-0.39, 0.29) is 5.56 Å². The molecule has 1 heterocycles. The molecule has 0 atom stereocenters. The minimum Gasteiger partial charge on any atom is -0.439 e. The monoisotopic (exact) mass is 230 g/mol. The SMILES string of the molecule is Cc1ccc(Oc2cc(=O)n(C)cn2)cc1C. The number of benzene rings is 1. The van der Waals surface area contributed by atoms with Crippen LogP contribution in [0.25, 0.3) is 0 Å². The van der Waals surface area contributed by atoms with Crippen LogP contribution in [0.4, 0.5) is 0 Å². The van der Waals surface area contributed by atoms with Gasteiger partial charge in [0, 0.05) is 7.05 Å². The summed E-state index contributed by atoms with van der Waals surface area (Å²) in [7, 11) is 1.65. The van der Waals surface area contributed by atoms with Crippen molar-refractivity contribution in [2.45, 2.75) is 13.8 Å². The van der Waals surface area contributed by atoms with Crippen LogP contribution in [-0.2, 0) is 7.05 Å². The average Bonchev–Trinajstić information content (AvgIpc) is 2.29. The summed E-state index contributed by atoms with van der Waals surface area (Å²) >= 11 is 0. The summed E-state index contributed by atoms with van der Waals surface area (Å²) in [6, 6.07) is 7.14. The molecule has 0 aliphatic carbocycles. The molecule has 0 N–H and O–H groups in total. The van der Waals surface area contributed by atoms with Crippen LogP contribution < -0.4 is 10.3 Å².